The maximum absolute atomic E-state index is 11.9. The minimum atomic E-state index is -0.380. The first kappa shape index (κ1) is 16.3. The number of esters is 1. The highest BCUT2D eigenvalue weighted by atomic mass is 16.5. The van der Waals surface area contributed by atoms with Crippen molar-refractivity contribution in [2.75, 3.05) is 19.5 Å². The number of methoxy groups -OCH3 is 1. The van der Waals surface area contributed by atoms with Crippen LogP contribution in [0.2, 0.25) is 0 Å². The molecule has 0 aliphatic heterocycles. The molecule has 0 saturated heterocycles. The topological polar surface area (TPSA) is 61.5 Å². The number of unbranched alkanes of at least 4 members (excludes halogenated alkanes) is 5. The van der Waals surface area contributed by atoms with Gasteiger partial charge in [0.2, 0.25) is 0 Å². The number of nitrogen functional groups attached to an aromatic ring is 1. The van der Waals surface area contributed by atoms with Gasteiger partial charge in [-0.05, 0) is 18.6 Å². The predicted octanol–water partition coefficient (Wildman–Crippen LogP) is 3.79. The summed E-state index contributed by atoms with van der Waals surface area (Å²) >= 11 is 0. The molecule has 0 heterocycles. The van der Waals surface area contributed by atoms with Crippen LogP contribution < -0.4 is 10.5 Å². The number of para-hydroxylation sites is 1. The Morgan fingerprint density at radius 3 is 2.55 bits per heavy atom. The number of nitrogens with two attached hydrogens (primary N) is 1. The van der Waals surface area contributed by atoms with E-state index in [0.29, 0.717) is 23.6 Å². The molecule has 0 spiro atoms. The summed E-state index contributed by atoms with van der Waals surface area (Å²) in [5.41, 5.74) is 6.56. The molecule has 0 saturated carbocycles. The zero-order chi connectivity index (χ0) is 14.8. The van der Waals surface area contributed by atoms with E-state index in [1.165, 1.54) is 32.8 Å². The van der Waals surface area contributed by atoms with Gasteiger partial charge in [-0.15, -0.1) is 0 Å². The van der Waals surface area contributed by atoms with Gasteiger partial charge in [0, 0.05) is 0 Å². The van der Waals surface area contributed by atoms with Gasteiger partial charge in [0.15, 0.2) is 0 Å². The number of hydrogen-bond donors (Lipinski definition) is 1. The third kappa shape index (κ3) is 5.11. The largest absolute Gasteiger partial charge is 0.495 e. The molecule has 0 bridgehead atoms. The second-order valence-corrected chi connectivity index (χ2v) is 4.83. The average Bonchev–Trinajstić information content (AvgIpc) is 2.46. The van der Waals surface area contributed by atoms with Crippen LogP contribution in [0.15, 0.2) is 18.2 Å². The molecular formula is C16H25NO3. The Morgan fingerprint density at radius 2 is 1.85 bits per heavy atom. The minimum Gasteiger partial charge on any atom is -0.495 e. The second-order valence-electron chi connectivity index (χ2n) is 4.83. The maximum Gasteiger partial charge on any atom is 0.340 e. The molecule has 1 rings (SSSR count). The highest BCUT2D eigenvalue weighted by molar-refractivity contribution is 5.96. The van der Waals surface area contributed by atoms with E-state index in [1.807, 2.05) is 0 Å². The molecule has 4 heteroatoms. The molecule has 0 aliphatic carbocycles. The van der Waals surface area contributed by atoms with Crippen LogP contribution >= 0.6 is 0 Å². The van der Waals surface area contributed by atoms with Crippen molar-refractivity contribution in [2.45, 2.75) is 45.4 Å². The summed E-state index contributed by atoms with van der Waals surface area (Å²) < 4.78 is 10.3. The first-order valence-electron chi connectivity index (χ1n) is 7.30. The SMILES string of the molecule is CCCCCCCCOC(=O)c1cccc(OC)c1N. The van der Waals surface area contributed by atoms with Gasteiger partial charge in [0.25, 0.3) is 0 Å². The zero-order valence-electron chi connectivity index (χ0n) is 12.5. The van der Waals surface area contributed by atoms with Crippen molar-refractivity contribution in [2.24, 2.45) is 0 Å². The summed E-state index contributed by atoms with van der Waals surface area (Å²) in [6, 6.07) is 5.11. The van der Waals surface area contributed by atoms with E-state index >= 15 is 0 Å². The highest BCUT2D eigenvalue weighted by Crippen LogP contribution is 2.25. The lowest BCUT2D eigenvalue weighted by Gasteiger charge is -2.09. The van der Waals surface area contributed by atoms with Gasteiger partial charge in [-0.25, -0.2) is 4.79 Å². The highest BCUT2D eigenvalue weighted by Gasteiger charge is 2.13. The van der Waals surface area contributed by atoms with Gasteiger partial charge < -0.3 is 15.2 Å². The first-order chi connectivity index (χ1) is 9.70. The fourth-order valence-electron chi connectivity index (χ4n) is 2.03. The molecule has 0 aromatic heterocycles. The van der Waals surface area contributed by atoms with E-state index in [9.17, 15) is 4.79 Å². The molecule has 4 nitrogen and oxygen atoms in total. The molecular weight excluding hydrogens is 254 g/mol. The van der Waals surface area contributed by atoms with Crippen LogP contribution in [0.25, 0.3) is 0 Å². The van der Waals surface area contributed by atoms with Crippen molar-refractivity contribution >= 4 is 11.7 Å². The van der Waals surface area contributed by atoms with Crippen LogP contribution in [0.4, 0.5) is 5.69 Å². The first-order valence-corrected chi connectivity index (χ1v) is 7.30. The van der Waals surface area contributed by atoms with Crippen LogP contribution in [0.3, 0.4) is 0 Å². The van der Waals surface area contributed by atoms with Crippen LogP contribution in [-0.4, -0.2) is 19.7 Å². The lowest BCUT2D eigenvalue weighted by atomic mass is 10.1. The molecule has 0 atom stereocenters. The number of ether oxygens (including phenoxy) is 2. The van der Waals surface area contributed by atoms with E-state index in [-0.39, 0.29) is 5.97 Å². The summed E-state index contributed by atoms with van der Waals surface area (Å²) in [6.07, 6.45) is 6.98. The van der Waals surface area contributed by atoms with Crippen molar-refractivity contribution in [1.29, 1.82) is 0 Å². The van der Waals surface area contributed by atoms with E-state index in [2.05, 4.69) is 6.92 Å². The monoisotopic (exact) mass is 279 g/mol. The minimum absolute atomic E-state index is 0.336. The van der Waals surface area contributed by atoms with Crippen molar-refractivity contribution in [3.05, 3.63) is 23.8 Å². The van der Waals surface area contributed by atoms with Gasteiger partial charge in [0.05, 0.1) is 25.0 Å². The maximum atomic E-state index is 11.9. The number of benzene rings is 1. The smallest absolute Gasteiger partial charge is 0.340 e. The van der Waals surface area contributed by atoms with Crippen molar-refractivity contribution in [3.8, 4) is 5.75 Å². The van der Waals surface area contributed by atoms with Crippen molar-refractivity contribution in [3.63, 3.8) is 0 Å². The third-order valence-corrected chi connectivity index (χ3v) is 3.24. The summed E-state index contributed by atoms with van der Waals surface area (Å²) in [7, 11) is 1.52. The van der Waals surface area contributed by atoms with Crippen LogP contribution in [0, 0.1) is 0 Å². The Kier molecular flexibility index (Phi) is 7.55. The summed E-state index contributed by atoms with van der Waals surface area (Å²) in [4.78, 5) is 11.9. The van der Waals surface area contributed by atoms with E-state index in [1.54, 1.807) is 18.2 Å². The Bertz CT molecular complexity index is 418. The van der Waals surface area contributed by atoms with Gasteiger partial charge in [-0.1, -0.05) is 45.1 Å². The van der Waals surface area contributed by atoms with Gasteiger partial charge >= 0.3 is 5.97 Å². The lowest BCUT2D eigenvalue weighted by Crippen LogP contribution is -2.10. The van der Waals surface area contributed by atoms with Crippen molar-refractivity contribution < 1.29 is 14.3 Å². The Morgan fingerprint density at radius 1 is 1.15 bits per heavy atom. The van der Waals surface area contributed by atoms with E-state index in [4.69, 9.17) is 15.2 Å². The predicted molar refractivity (Wildman–Crippen MR) is 81.1 cm³/mol. The number of carbonyl (C=O) groups is 1. The van der Waals surface area contributed by atoms with Crippen LogP contribution in [-0.2, 0) is 4.74 Å². The Labute approximate surface area is 121 Å². The standard InChI is InChI=1S/C16H25NO3/c1-3-4-5-6-7-8-12-20-16(18)13-10-9-11-14(19-2)15(13)17/h9-11H,3-8,12,17H2,1-2H3. The Balaban J connectivity index is 2.33. The number of carbonyl (C=O) groups excluding carboxylic acids is 1. The zero-order valence-corrected chi connectivity index (χ0v) is 12.5. The lowest BCUT2D eigenvalue weighted by molar-refractivity contribution is 0.0498. The van der Waals surface area contributed by atoms with E-state index in [0.717, 1.165) is 12.8 Å². The van der Waals surface area contributed by atoms with Crippen molar-refractivity contribution in [1.82, 2.24) is 0 Å². The number of anilines is 1. The molecule has 2 N–H and O–H groups in total. The summed E-state index contributed by atoms with van der Waals surface area (Å²) in [5.74, 6) is 0.119. The average molecular weight is 279 g/mol. The quantitative estimate of drug-likeness (QED) is 0.424. The molecule has 0 amide bonds. The van der Waals surface area contributed by atoms with E-state index < -0.39 is 0 Å². The number of hydrogen-bond acceptors (Lipinski definition) is 4. The molecule has 1 aromatic carbocycles. The molecule has 0 aliphatic rings. The second kappa shape index (κ2) is 9.23. The number of rotatable bonds is 9. The van der Waals surface area contributed by atoms with Gasteiger partial charge in [0.1, 0.15) is 5.75 Å². The van der Waals surface area contributed by atoms with Crippen LogP contribution in [0.1, 0.15) is 55.8 Å². The molecule has 20 heavy (non-hydrogen) atoms. The Hall–Kier alpha value is -1.71. The van der Waals surface area contributed by atoms with Gasteiger partial charge in [-0.2, -0.15) is 0 Å². The molecule has 0 radical (unpaired) electrons. The van der Waals surface area contributed by atoms with Crippen LogP contribution in [0.5, 0.6) is 5.75 Å². The molecule has 0 fully saturated rings. The third-order valence-electron chi connectivity index (χ3n) is 3.24. The summed E-state index contributed by atoms with van der Waals surface area (Å²) in [5, 5.41) is 0. The fourth-order valence-corrected chi connectivity index (χ4v) is 2.03. The molecule has 1 aromatic rings. The molecule has 112 valence electrons. The van der Waals surface area contributed by atoms with Gasteiger partial charge in [-0.3, -0.25) is 0 Å². The molecule has 0 unspecified atom stereocenters. The summed E-state index contributed by atoms with van der Waals surface area (Å²) in [6.45, 7) is 2.64. The fraction of sp³-hybridized carbons (Fsp3) is 0.562. The normalized spacial score (nSPS) is 10.3.